The molecule has 0 radical (unpaired) electrons. The molecule has 0 unspecified atom stereocenters. The Balaban J connectivity index is 1.86. The predicted octanol–water partition coefficient (Wildman–Crippen LogP) is 1.97. The fourth-order valence-electron chi connectivity index (χ4n) is 3.98. The molecule has 160 valence electrons. The van der Waals surface area contributed by atoms with E-state index in [0.717, 1.165) is 21.5 Å². The van der Waals surface area contributed by atoms with Crippen molar-refractivity contribution in [2.45, 2.75) is 6.42 Å². The van der Waals surface area contributed by atoms with Crippen molar-refractivity contribution >= 4 is 22.9 Å². The van der Waals surface area contributed by atoms with E-state index in [1.807, 2.05) is 53.2 Å². The molecule has 0 atom stereocenters. The van der Waals surface area contributed by atoms with Gasteiger partial charge in [0.05, 0.1) is 12.1 Å². The Kier molecular flexibility index (Phi) is 4.33. The van der Waals surface area contributed by atoms with Crippen LogP contribution in [-0.2, 0) is 25.3 Å². The molecule has 0 saturated heterocycles. The van der Waals surface area contributed by atoms with Gasteiger partial charge in [-0.25, -0.2) is 4.79 Å². The predicted molar refractivity (Wildman–Crippen MR) is 119 cm³/mol. The standard InChI is InChI=1S/C23H19N5O4/c1-25-20-19(21(31)26(2)23(25)32)27-13-17(15-6-4-3-5-7-15)28(22(27)24-20)16-10-8-14(9-11-16)12-18(29)30/h3-11,13H,12H2,1-2H3,(H,29,30). The highest BCUT2D eigenvalue weighted by atomic mass is 16.4. The minimum Gasteiger partial charge on any atom is -0.481 e. The van der Waals surface area contributed by atoms with Gasteiger partial charge in [0.1, 0.15) is 0 Å². The first-order valence-corrected chi connectivity index (χ1v) is 9.93. The molecule has 0 amide bonds. The van der Waals surface area contributed by atoms with E-state index >= 15 is 0 Å². The number of benzene rings is 2. The van der Waals surface area contributed by atoms with Gasteiger partial charge in [0.2, 0.25) is 5.78 Å². The number of carboxylic acid groups (broad SMARTS) is 1. The minimum absolute atomic E-state index is 0.0711. The number of aromatic nitrogens is 5. The molecule has 0 aliphatic carbocycles. The van der Waals surface area contributed by atoms with Gasteiger partial charge in [-0.15, -0.1) is 0 Å². The Hall–Kier alpha value is -4.40. The topological polar surface area (TPSA) is 104 Å². The Morgan fingerprint density at radius 1 is 0.969 bits per heavy atom. The number of aryl methyl sites for hydroxylation is 1. The number of fused-ring (bicyclic) bond motifs is 3. The molecular formula is C23H19N5O4. The molecule has 5 rings (SSSR count). The highest BCUT2D eigenvalue weighted by Crippen LogP contribution is 2.28. The zero-order chi connectivity index (χ0) is 22.6. The summed E-state index contributed by atoms with van der Waals surface area (Å²) in [4.78, 5) is 41.0. The number of carbonyl (C=O) groups is 1. The van der Waals surface area contributed by atoms with Crippen molar-refractivity contribution < 1.29 is 9.90 Å². The van der Waals surface area contributed by atoms with Crippen molar-refractivity contribution in [3.8, 4) is 16.9 Å². The minimum atomic E-state index is -0.901. The van der Waals surface area contributed by atoms with E-state index in [0.29, 0.717) is 22.5 Å². The van der Waals surface area contributed by atoms with Crippen LogP contribution in [-0.4, -0.2) is 34.2 Å². The van der Waals surface area contributed by atoms with Crippen LogP contribution in [0.15, 0.2) is 70.4 Å². The van der Waals surface area contributed by atoms with E-state index in [9.17, 15) is 14.4 Å². The fourth-order valence-corrected chi connectivity index (χ4v) is 3.98. The Bertz CT molecular complexity index is 1620. The number of hydrogen-bond donors (Lipinski definition) is 1. The van der Waals surface area contributed by atoms with Gasteiger partial charge >= 0.3 is 11.7 Å². The molecule has 0 saturated carbocycles. The van der Waals surface area contributed by atoms with Crippen molar-refractivity contribution in [3.63, 3.8) is 0 Å². The van der Waals surface area contributed by atoms with Crippen LogP contribution >= 0.6 is 0 Å². The molecule has 1 N–H and O–H groups in total. The maximum absolute atomic E-state index is 12.9. The number of hydrogen-bond acceptors (Lipinski definition) is 4. The van der Waals surface area contributed by atoms with Crippen LogP contribution in [0.5, 0.6) is 0 Å². The van der Waals surface area contributed by atoms with E-state index < -0.39 is 17.2 Å². The van der Waals surface area contributed by atoms with Crippen LogP contribution in [0.25, 0.3) is 33.9 Å². The van der Waals surface area contributed by atoms with Gasteiger partial charge in [0, 0.05) is 31.5 Å². The lowest BCUT2D eigenvalue weighted by Crippen LogP contribution is -2.37. The van der Waals surface area contributed by atoms with Crippen LogP contribution in [0.3, 0.4) is 0 Å². The van der Waals surface area contributed by atoms with Gasteiger partial charge in [0.15, 0.2) is 11.2 Å². The second-order valence-electron chi connectivity index (χ2n) is 7.61. The summed E-state index contributed by atoms with van der Waals surface area (Å²) in [5.74, 6) is -0.425. The Morgan fingerprint density at radius 3 is 2.31 bits per heavy atom. The van der Waals surface area contributed by atoms with Crippen LogP contribution in [0.1, 0.15) is 5.56 Å². The van der Waals surface area contributed by atoms with Gasteiger partial charge in [0.25, 0.3) is 5.56 Å². The number of imidazole rings is 2. The third kappa shape index (κ3) is 2.86. The van der Waals surface area contributed by atoms with E-state index in [1.165, 1.54) is 11.6 Å². The summed E-state index contributed by atoms with van der Waals surface area (Å²) in [6.45, 7) is 0. The molecule has 0 fully saturated rings. The molecule has 32 heavy (non-hydrogen) atoms. The summed E-state index contributed by atoms with van der Waals surface area (Å²) < 4.78 is 6.01. The zero-order valence-electron chi connectivity index (χ0n) is 17.4. The van der Waals surface area contributed by atoms with Crippen molar-refractivity contribution in [2.75, 3.05) is 0 Å². The molecule has 5 aromatic rings. The molecule has 2 aromatic carbocycles. The average molecular weight is 429 g/mol. The van der Waals surface area contributed by atoms with Gasteiger partial charge in [-0.1, -0.05) is 42.5 Å². The smallest absolute Gasteiger partial charge is 0.332 e. The SMILES string of the molecule is Cn1c(=O)c2c(nc3n(-c4ccc(CC(=O)O)cc4)c(-c4ccccc4)cn23)n(C)c1=O. The molecular weight excluding hydrogens is 410 g/mol. The van der Waals surface area contributed by atoms with Crippen molar-refractivity contribution in [3.05, 3.63) is 87.2 Å². The van der Waals surface area contributed by atoms with Crippen molar-refractivity contribution in [2.24, 2.45) is 14.1 Å². The Labute approximate surface area is 181 Å². The highest BCUT2D eigenvalue weighted by Gasteiger charge is 2.21. The first-order chi connectivity index (χ1) is 15.4. The molecule has 9 nitrogen and oxygen atoms in total. The summed E-state index contributed by atoms with van der Waals surface area (Å²) in [6.07, 6.45) is 1.76. The Morgan fingerprint density at radius 2 is 1.66 bits per heavy atom. The van der Waals surface area contributed by atoms with Crippen molar-refractivity contribution in [1.29, 1.82) is 0 Å². The zero-order valence-corrected chi connectivity index (χ0v) is 17.4. The summed E-state index contributed by atoms with van der Waals surface area (Å²) in [7, 11) is 3.03. The molecule has 3 heterocycles. The molecule has 0 aliphatic rings. The number of nitrogens with zero attached hydrogens (tertiary/aromatic N) is 5. The number of aliphatic carboxylic acids is 1. The maximum Gasteiger partial charge on any atom is 0.332 e. The van der Waals surface area contributed by atoms with E-state index in [4.69, 9.17) is 5.11 Å². The third-order valence-electron chi connectivity index (χ3n) is 5.58. The van der Waals surface area contributed by atoms with Gasteiger partial charge in [-0.05, 0) is 17.7 Å². The van der Waals surface area contributed by atoms with Crippen LogP contribution in [0, 0.1) is 0 Å². The summed E-state index contributed by atoms with van der Waals surface area (Å²) in [5, 5.41) is 9.05. The largest absolute Gasteiger partial charge is 0.481 e. The normalized spacial score (nSPS) is 11.4. The maximum atomic E-state index is 12.9. The van der Waals surface area contributed by atoms with Crippen molar-refractivity contribution in [1.82, 2.24) is 23.1 Å². The fraction of sp³-hybridized carbons (Fsp3) is 0.130. The first kappa shape index (κ1) is 19.6. The summed E-state index contributed by atoms with van der Waals surface area (Å²) >= 11 is 0. The second-order valence-corrected chi connectivity index (χ2v) is 7.61. The van der Waals surface area contributed by atoms with Gasteiger partial charge in [-0.2, -0.15) is 4.98 Å². The van der Waals surface area contributed by atoms with Gasteiger partial charge < -0.3 is 5.11 Å². The monoisotopic (exact) mass is 429 g/mol. The number of carboxylic acids is 1. The third-order valence-corrected chi connectivity index (χ3v) is 5.58. The average Bonchev–Trinajstić information content (AvgIpc) is 3.33. The molecule has 0 spiro atoms. The molecule has 9 heteroatoms. The first-order valence-electron chi connectivity index (χ1n) is 9.93. The molecule has 0 bridgehead atoms. The lowest BCUT2D eigenvalue weighted by atomic mass is 10.1. The van der Waals surface area contributed by atoms with Crippen LogP contribution in [0.4, 0.5) is 0 Å². The van der Waals surface area contributed by atoms with E-state index in [-0.39, 0.29) is 6.42 Å². The highest BCUT2D eigenvalue weighted by molar-refractivity contribution is 5.79. The lowest BCUT2D eigenvalue weighted by molar-refractivity contribution is -0.136. The molecule has 0 aliphatic heterocycles. The molecule has 3 aromatic heterocycles. The number of rotatable bonds is 4. The van der Waals surface area contributed by atoms with Crippen LogP contribution in [0.2, 0.25) is 0 Å². The van der Waals surface area contributed by atoms with Gasteiger partial charge in [-0.3, -0.25) is 27.7 Å². The quantitative estimate of drug-likeness (QED) is 0.471. The van der Waals surface area contributed by atoms with E-state index in [1.54, 1.807) is 23.6 Å². The second kappa shape index (κ2) is 7.09. The van der Waals surface area contributed by atoms with E-state index in [2.05, 4.69) is 4.98 Å². The summed E-state index contributed by atoms with van der Waals surface area (Å²) in [5.41, 5.74) is 2.88. The lowest BCUT2D eigenvalue weighted by Gasteiger charge is -2.10. The summed E-state index contributed by atoms with van der Waals surface area (Å²) in [6, 6.07) is 16.8. The van der Waals surface area contributed by atoms with Crippen LogP contribution < -0.4 is 11.2 Å².